The molecule has 1 aromatic carbocycles. The molecule has 0 saturated carbocycles. The smallest absolute Gasteiger partial charge is 0.267 e. The molecule has 7 heteroatoms. The van der Waals surface area contributed by atoms with Gasteiger partial charge in [-0.3, -0.25) is 10.0 Å². The monoisotopic (exact) mass is 367 g/mol. The second kappa shape index (κ2) is 7.75. The molecular formula is C20H25N5O2. The first kappa shape index (κ1) is 18.8. The average molecular weight is 367 g/mol. The molecule has 0 radical (unpaired) electrons. The molecule has 27 heavy (non-hydrogen) atoms. The van der Waals surface area contributed by atoms with Gasteiger partial charge in [0.05, 0.1) is 12.2 Å². The highest BCUT2D eigenvalue weighted by atomic mass is 16.5. The maximum Gasteiger partial charge on any atom is 0.267 e. The van der Waals surface area contributed by atoms with E-state index < -0.39 is 5.91 Å². The molecular weight excluding hydrogens is 342 g/mol. The van der Waals surface area contributed by atoms with Gasteiger partial charge in [-0.05, 0) is 43.4 Å². The molecule has 0 saturated heterocycles. The van der Waals surface area contributed by atoms with E-state index in [2.05, 4.69) is 66.8 Å². The van der Waals surface area contributed by atoms with Crippen LogP contribution in [0.3, 0.4) is 0 Å². The van der Waals surface area contributed by atoms with Crippen LogP contribution in [0.25, 0.3) is 17.0 Å². The Hall–Kier alpha value is -2.93. The van der Waals surface area contributed by atoms with Crippen LogP contribution in [0.1, 0.15) is 51.2 Å². The minimum atomic E-state index is -0.607. The highest BCUT2D eigenvalue weighted by Crippen LogP contribution is 2.33. The molecule has 0 fully saturated rings. The van der Waals surface area contributed by atoms with Crippen LogP contribution < -0.4 is 5.48 Å². The standard InChI is InChI=1S/C20H25N5O2/c1-13(2)20(24-12-16(21-23-24)9-10-19(26)22-27)18-11-15-7-5-6-8-17(15)25(18)14(3)4/h5-14,20,27H,1-4H3,(H,22,26). The summed E-state index contributed by atoms with van der Waals surface area (Å²) < 4.78 is 4.19. The normalized spacial score (nSPS) is 13.1. The molecule has 142 valence electrons. The zero-order valence-corrected chi connectivity index (χ0v) is 16.0. The Bertz CT molecular complexity index is 968. The molecule has 2 aromatic heterocycles. The van der Waals surface area contributed by atoms with Crippen LogP contribution in [-0.2, 0) is 4.79 Å². The van der Waals surface area contributed by atoms with Crippen molar-refractivity contribution < 1.29 is 10.0 Å². The Morgan fingerprint density at radius 2 is 1.96 bits per heavy atom. The Kier molecular flexibility index (Phi) is 5.41. The Labute approximate surface area is 158 Å². The molecule has 1 atom stereocenters. The number of aromatic nitrogens is 4. The molecule has 7 nitrogen and oxygen atoms in total. The number of benzene rings is 1. The number of carbonyl (C=O) groups is 1. The third-order valence-electron chi connectivity index (χ3n) is 4.56. The van der Waals surface area contributed by atoms with Crippen molar-refractivity contribution in [2.75, 3.05) is 0 Å². The molecule has 1 unspecified atom stereocenters. The predicted molar refractivity (Wildman–Crippen MR) is 104 cm³/mol. The third kappa shape index (κ3) is 3.78. The number of hydroxylamine groups is 1. The van der Waals surface area contributed by atoms with Gasteiger partial charge in [-0.15, -0.1) is 5.10 Å². The lowest BCUT2D eigenvalue weighted by molar-refractivity contribution is -0.124. The van der Waals surface area contributed by atoms with Crippen LogP contribution in [0.5, 0.6) is 0 Å². The summed E-state index contributed by atoms with van der Waals surface area (Å²) in [5.74, 6) is -0.323. The average Bonchev–Trinajstić information content (AvgIpc) is 3.24. The highest BCUT2D eigenvalue weighted by Gasteiger charge is 2.25. The van der Waals surface area contributed by atoms with Crippen LogP contribution in [0.4, 0.5) is 0 Å². The lowest BCUT2D eigenvalue weighted by atomic mass is 10.0. The Morgan fingerprint density at radius 3 is 2.63 bits per heavy atom. The number of carbonyl (C=O) groups excluding carboxylic acids is 1. The molecule has 3 rings (SSSR count). The summed E-state index contributed by atoms with van der Waals surface area (Å²) in [5, 5.41) is 18.2. The molecule has 0 aliphatic heterocycles. The molecule has 2 heterocycles. The van der Waals surface area contributed by atoms with Gasteiger partial charge in [0, 0.05) is 23.3 Å². The number of amides is 1. The molecule has 0 spiro atoms. The van der Waals surface area contributed by atoms with Crippen molar-refractivity contribution in [2.24, 2.45) is 5.92 Å². The summed E-state index contributed by atoms with van der Waals surface area (Å²) >= 11 is 0. The lowest BCUT2D eigenvalue weighted by Gasteiger charge is -2.25. The van der Waals surface area contributed by atoms with Crippen molar-refractivity contribution in [1.29, 1.82) is 0 Å². The van der Waals surface area contributed by atoms with Crippen molar-refractivity contribution in [3.8, 4) is 0 Å². The summed E-state index contributed by atoms with van der Waals surface area (Å²) in [4.78, 5) is 11.2. The number of nitrogens with zero attached hydrogens (tertiary/aromatic N) is 4. The van der Waals surface area contributed by atoms with Crippen molar-refractivity contribution in [3.63, 3.8) is 0 Å². The number of rotatable bonds is 6. The van der Waals surface area contributed by atoms with E-state index in [0.29, 0.717) is 11.7 Å². The predicted octanol–water partition coefficient (Wildman–Crippen LogP) is 3.58. The third-order valence-corrected chi connectivity index (χ3v) is 4.56. The SMILES string of the molecule is CC(C)C(c1cc2ccccc2n1C(C)C)n1cc(C=CC(=O)NO)nn1. The number of para-hydroxylation sites is 1. The van der Waals surface area contributed by atoms with Crippen LogP contribution in [0, 0.1) is 5.92 Å². The number of hydrogen-bond acceptors (Lipinski definition) is 4. The van der Waals surface area contributed by atoms with Gasteiger partial charge in [0.25, 0.3) is 5.91 Å². The first-order valence-electron chi connectivity index (χ1n) is 9.06. The highest BCUT2D eigenvalue weighted by molar-refractivity contribution is 5.90. The quantitative estimate of drug-likeness (QED) is 0.396. The van der Waals surface area contributed by atoms with Crippen LogP contribution in [-0.4, -0.2) is 30.7 Å². The van der Waals surface area contributed by atoms with Gasteiger partial charge in [0.1, 0.15) is 5.69 Å². The fourth-order valence-corrected chi connectivity index (χ4v) is 3.48. The first-order chi connectivity index (χ1) is 12.9. The fourth-order valence-electron chi connectivity index (χ4n) is 3.48. The Balaban J connectivity index is 2.06. The summed E-state index contributed by atoms with van der Waals surface area (Å²) in [6.45, 7) is 8.67. The van der Waals surface area contributed by atoms with Gasteiger partial charge in [-0.25, -0.2) is 10.2 Å². The maximum atomic E-state index is 11.2. The number of fused-ring (bicyclic) bond motifs is 1. The van der Waals surface area contributed by atoms with Gasteiger partial charge < -0.3 is 4.57 Å². The molecule has 2 N–H and O–H groups in total. The second-order valence-corrected chi connectivity index (χ2v) is 7.21. The minimum Gasteiger partial charge on any atom is -0.340 e. The molecule has 3 aromatic rings. The summed E-state index contributed by atoms with van der Waals surface area (Å²) in [5.41, 5.74) is 4.49. The zero-order valence-electron chi connectivity index (χ0n) is 16.0. The van der Waals surface area contributed by atoms with E-state index >= 15 is 0 Å². The first-order valence-corrected chi connectivity index (χ1v) is 9.06. The van der Waals surface area contributed by atoms with Gasteiger partial charge >= 0.3 is 0 Å². The van der Waals surface area contributed by atoms with Crippen molar-refractivity contribution in [1.82, 2.24) is 25.0 Å². The van der Waals surface area contributed by atoms with Crippen molar-refractivity contribution in [2.45, 2.75) is 39.8 Å². The minimum absolute atomic E-state index is 0.00104. The molecule has 0 aliphatic rings. The lowest BCUT2D eigenvalue weighted by Crippen LogP contribution is -2.21. The van der Waals surface area contributed by atoms with Gasteiger partial charge in [-0.1, -0.05) is 37.3 Å². The molecule has 1 amide bonds. The fraction of sp³-hybridized carbons (Fsp3) is 0.350. The summed E-state index contributed by atoms with van der Waals surface area (Å²) in [6, 6.07) is 10.9. The van der Waals surface area contributed by atoms with E-state index in [1.54, 1.807) is 5.48 Å². The van der Waals surface area contributed by atoms with E-state index in [9.17, 15) is 4.79 Å². The largest absolute Gasteiger partial charge is 0.340 e. The van der Waals surface area contributed by atoms with Gasteiger partial charge in [-0.2, -0.15) is 0 Å². The van der Waals surface area contributed by atoms with Crippen LogP contribution >= 0.6 is 0 Å². The van der Waals surface area contributed by atoms with Crippen LogP contribution in [0.2, 0.25) is 0 Å². The maximum absolute atomic E-state index is 11.2. The van der Waals surface area contributed by atoms with Gasteiger partial charge in [0.15, 0.2) is 0 Å². The van der Waals surface area contributed by atoms with E-state index in [1.165, 1.54) is 28.7 Å². The number of hydrogen-bond donors (Lipinski definition) is 2. The van der Waals surface area contributed by atoms with Gasteiger partial charge in [0.2, 0.25) is 0 Å². The van der Waals surface area contributed by atoms with E-state index in [1.807, 2.05) is 16.9 Å². The van der Waals surface area contributed by atoms with Crippen molar-refractivity contribution in [3.05, 3.63) is 54.0 Å². The van der Waals surface area contributed by atoms with Crippen LogP contribution in [0.15, 0.2) is 42.6 Å². The van der Waals surface area contributed by atoms with E-state index in [0.717, 1.165) is 0 Å². The number of nitrogens with one attached hydrogen (secondary N) is 1. The topological polar surface area (TPSA) is 85.0 Å². The zero-order chi connectivity index (χ0) is 19.6. The second-order valence-electron chi connectivity index (χ2n) is 7.21. The van der Waals surface area contributed by atoms with Crippen molar-refractivity contribution >= 4 is 22.9 Å². The molecule has 0 bridgehead atoms. The van der Waals surface area contributed by atoms with E-state index in [4.69, 9.17) is 5.21 Å². The molecule has 0 aliphatic carbocycles. The van der Waals surface area contributed by atoms with E-state index in [-0.39, 0.29) is 12.0 Å². The Morgan fingerprint density at radius 1 is 1.22 bits per heavy atom. The summed E-state index contributed by atoms with van der Waals surface area (Å²) in [7, 11) is 0. The summed E-state index contributed by atoms with van der Waals surface area (Å²) in [6.07, 6.45) is 4.54.